The molecule has 0 aliphatic carbocycles. The number of carbonyl (C=O) groups excluding carboxylic acids is 2. The Bertz CT molecular complexity index is 1050. The molecule has 8 heteroatoms. The summed E-state index contributed by atoms with van der Waals surface area (Å²) in [6, 6.07) is 17.0. The van der Waals surface area contributed by atoms with E-state index in [1.54, 1.807) is 24.3 Å². The van der Waals surface area contributed by atoms with Gasteiger partial charge < -0.3 is 5.32 Å². The molecule has 0 atom stereocenters. The third-order valence-corrected chi connectivity index (χ3v) is 6.08. The molecule has 29 heavy (non-hydrogen) atoms. The number of urea groups is 1. The van der Waals surface area contributed by atoms with Crippen LogP contribution in [-0.2, 0) is 0 Å². The van der Waals surface area contributed by atoms with Crippen molar-refractivity contribution in [3.05, 3.63) is 86.9 Å². The fourth-order valence-electron chi connectivity index (χ4n) is 2.47. The van der Waals surface area contributed by atoms with Gasteiger partial charge in [-0.05, 0) is 43.3 Å². The van der Waals surface area contributed by atoms with Gasteiger partial charge in [-0.1, -0.05) is 76.4 Å². The monoisotopic (exact) mass is 464 g/mol. The average molecular weight is 466 g/mol. The first kappa shape index (κ1) is 21.5. The van der Waals surface area contributed by atoms with Gasteiger partial charge >= 0.3 is 6.03 Å². The number of imide groups is 1. The minimum atomic E-state index is -0.723. The number of hydrogen-bond acceptors (Lipinski definition) is 3. The number of benzene rings is 3. The van der Waals surface area contributed by atoms with E-state index in [0.29, 0.717) is 15.6 Å². The fourth-order valence-corrected chi connectivity index (χ4v) is 4.23. The molecule has 0 saturated carbocycles. The van der Waals surface area contributed by atoms with Crippen LogP contribution in [0.3, 0.4) is 0 Å². The number of rotatable bonds is 4. The highest BCUT2D eigenvalue weighted by Crippen LogP contribution is 2.38. The van der Waals surface area contributed by atoms with Crippen molar-refractivity contribution in [2.75, 3.05) is 5.32 Å². The van der Waals surface area contributed by atoms with E-state index in [0.717, 1.165) is 10.5 Å². The molecule has 3 aromatic carbocycles. The van der Waals surface area contributed by atoms with E-state index in [9.17, 15) is 9.59 Å². The van der Waals surface area contributed by atoms with E-state index >= 15 is 0 Å². The molecule has 0 fully saturated rings. The number of carbonyl (C=O) groups is 2. The highest BCUT2D eigenvalue weighted by molar-refractivity contribution is 7.99. The summed E-state index contributed by atoms with van der Waals surface area (Å²) in [5.74, 6) is -0.701. The SMILES string of the molecule is Cc1ccc(Sc2c(Cl)cccc2NC(=O)NC(=O)c2c(Cl)cccc2Cl)cc1. The third-order valence-electron chi connectivity index (χ3n) is 3.87. The van der Waals surface area contributed by atoms with Gasteiger partial charge in [-0.2, -0.15) is 0 Å². The molecule has 0 heterocycles. The second kappa shape index (κ2) is 9.55. The van der Waals surface area contributed by atoms with Gasteiger partial charge in [0.1, 0.15) is 0 Å². The lowest BCUT2D eigenvalue weighted by atomic mass is 10.2. The van der Waals surface area contributed by atoms with Gasteiger partial charge in [0.05, 0.1) is 31.2 Å². The minimum Gasteiger partial charge on any atom is -0.306 e. The molecule has 0 radical (unpaired) electrons. The van der Waals surface area contributed by atoms with E-state index in [4.69, 9.17) is 34.8 Å². The predicted molar refractivity (Wildman–Crippen MR) is 120 cm³/mol. The Morgan fingerprint density at radius 3 is 2.07 bits per heavy atom. The van der Waals surface area contributed by atoms with Gasteiger partial charge in [0.2, 0.25) is 0 Å². The van der Waals surface area contributed by atoms with Crippen LogP contribution in [0.4, 0.5) is 10.5 Å². The van der Waals surface area contributed by atoms with E-state index in [-0.39, 0.29) is 15.6 Å². The maximum Gasteiger partial charge on any atom is 0.326 e. The lowest BCUT2D eigenvalue weighted by Gasteiger charge is -2.13. The van der Waals surface area contributed by atoms with Crippen LogP contribution < -0.4 is 10.6 Å². The molecule has 3 amide bonds. The summed E-state index contributed by atoms with van der Waals surface area (Å²) in [4.78, 5) is 26.4. The highest BCUT2D eigenvalue weighted by atomic mass is 35.5. The average Bonchev–Trinajstić information content (AvgIpc) is 2.66. The smallest absolute Gasteiger partial charge is 0.306 e. The zero-order valence-electron chi connectivity index (χ0n) is 15.1. The summed E-state index contributed by atoms with van der Waals surface area (Å²) < 4.78 is 0. The van der Waals surface area contributed by atoms with Crippen LogP contribution in [0.15, 0.2) is 70.5 Å². The number of nitrogens with one attached hydrogen (secondary N) is 2. The van der Waals surface area contributed by atoms with Gasteiger partial charge in [-0.25, -0.2) is 4.79 Å². The molecule has 148 valence electrons. The topological polar surface area (TPSA) is 58.2 Å². The molecule has 2 N–H and O–H groups in total. The van der Waals surface area contributed by atoms with E-state index in [1.165, 1.54) is 23.9 Å². The van der Waals surface area contributed by atoms with Crippen LogP contribution in [0.1, 0.15) is 15.9 Å². The standard InChI is InChI=1S/C21H15Cl3N2O2S/c1-12-8-10-13(11-9-12)29-19-16(24)6-3-7-17(19)25-21(28)26-20(27)18-14(22)4-2-5-15(18)23/h2-11H,1H3,(H2,25,26,27,28). The molecule has 4 nitrogen and oxygen atoms in total. The zero-order valence-corrected chi connectivity index (χ0v) is 18.2. The van der Waals surface area contributed by atoms with Crippen molar-refractivity contribution >= 4 is 64.2 Å². The fraction of sp³-hybridized carbons (Fsp3) is 0.0476. The molecule has 3 aromatic rings. The molecule has 0 aromatic heterocycles. The number of aryl methyl sites for hydroxylation is 1. The summed E-state index contributed by atoms with van der Waals surface area (Å²) in [5.41, 5.74) is 1.65. The lowest BCUT2D eigenvalue weighted by Crippen LogP contribution is -2.34. The van der Waals surface area contributed by atoms with Crippen LogP contribution in [0, 0.1) is 6.92 Å². The summed E-state index contributed by atoms with van der Waals surface area (Å²) in [7, 11) is 0. The summed E-state index contributed by atoms with van der Waals surface area (Å²) in [5, 5.41) is 5.68. The summed E-state index contributed by atoms with van der Waals surface area (Å²) >= 11 is 19.8. The summed E-state index contributed by atoms with van der Waals surface area (Å²) in [6.07, 6.45) is 0. The maximum absolute atomic E-state index is 12.4. The van der Waals surface area contributed by atoms with Gasteiger partial charge in [0.25, 0.3) is 5.91 Å². The Morgan fingerprint density at radius 2 is 1.41 bits per heavy atom. The third kappa shape index (κ3) is 5.46. The molecular formula is C21H15Cl3N2O2S. The van der Waals surface area contributed by atoms with Crippen molar-refractivity contribution in [3.63, 3.8) is 0 Å². The first-order valence-corrected chi connectivity index (χ1v) is 10.4. The molecule has 0 aliphatic heterocycles. The van der Waals surface area contributed by atoms with Gasteiger partial charge in [-0.15, -0.1) is 0 Å². The second-order valence-electron chi connectivity index (χ2n) is 6.04. The van der Waals surface area contributed by atoms with Crippen LogP contribution in [0.5, 0.6) is 0 Å². The number of amides is 3. The molecule has 0 unspecified atom stereocenters. The van der Waals surface area contributed by atoms with Crippen LogP contribution in [0.2, 0.25) is 15.1 Å². The van der Waals surface area contributed by atoms with Crippen molar-refractivity contribution in [3.8, 4) is 0 Å². The zero-order chi connectivity index (χ0) is 21.0. The Kier molecular flexibility index (Phi) is 7.09. The van der Waals surface area contributed by atoms with Crippen molar-refractivity contribution in [1.29, 1.82) is 0 Å². The Morgan fingerprint density at radius 1 is 0.828 bits per heavy atom. The van der Waals surface area contributed by atoms with Gasteiger partial charge in [0, 0.05) is 4.90 Å². The minimum absolute atomic E-state index is 0.0336. The number of anilines is 1. The quantitative estimate of drug-likeness (QED) is 0.433. The van der Waals surface area contributed by atoms with E-state index in [2.05, 4.69) is 10.6 Å². The number of hydrogen-bond donors (Lipinski definition) is 2. The van der Waals surface area contributed by atoms with Crippen LogP contribution >= 0.6 is 46.6 Å². The molecular weight excluding hydrogens is 451 g/mol. The van der Waals surface area contributed by atoms with Crippen molar-refractivity contribution in [2.45, 2.75) is 16.7 Å². The van der Waals surface area contributed by atoms with Crippen molar-refractivity contribution < 1.29 is 9.59 Å². The normalized spacial score (nSPS) is 10.5. The molecule has 0 spiro atoms. The molecule has 3 rings (SSSR count). The number of halogens is 3. The Hall–Kier alpha value is -2.18. The lowest BCUT2D eigenvalue weighted by molar-refractivity contribution is 0.0967. The van der Waals surface area contributed by atoms with Gasteiger partial charge in [0.15, 0.2) is 0 Å². The second-order valence-corrected chi connectivity index (χ2v) is 8.34. The van der Waals surface area contributed by atoms with Crippen LogP contribution in [0.25, 0.3) is 0 Å². The summed E-state index contributed by atoms with van der Waals surface area (Å²) in [6.45, 7) is 2.00. The molecule has 0 bridgehead atoms. The highest BCUT2D eigenvalue weighted by Gasteiger charge is 2.18. The van der Waals surface area contributed by atoms with E-state index in [1.807, 2.05) is 31.2 Å². The van der Waals surface area contributed by atoms with Crippen molar-refractivity contribution in [1.82, 2.24) is 5.32 Å². The predicted octanol–water partition coefficient (Wildman–Crippen LogP) is 7.07. The largest absolute Gasteiger partial charge is 0.326 e. The Balaban J connectivity index is 1.77. The molecule has 0 aliphatic rings. The first-order valence-electron chi connectivity index (χ1n) is 8.44. The van der Waals surface area contributed by atoms with Crippen molar-refractivity contribution in [2.24, 2.45) is 0 Å². The van der Waals surface area contributed by atoms with Gasteiger partial charge in [-0.3, -0.25) is 10.1 Å². The van der Waals surface area contributed by atoms with E-state index < -0.39 is 11.9 Å². The van der Waals surface area contributed by atoms with Crippen LogP contribution in [-0.4, -0.2) is 11.9 Å². The first-order chi connectivity index (χ1) is 13.8. The maximum atomic E-state index is 12.4. The molecule has 0 saturated heterocycles. The Labute approximate surface area is 187 Å².